The third-order valence-electron chi connectivity index (χ3n) is 4.05. The highest BCUT2D eigenvalue weighted by Crippen LogP contribution is 2.31. The molecule has 2 fully saturated rings. The molecule has 0 spiro atoms. The van der Waals surface area contributed by atoms with Gasteiger partial charge in [0.25, 0.3) is 11.1 Å². The lowest BCUT2D eigenvalue weighted by Gasteiger charge is -2.10. The molecule has 0 aromatic heterocycles. The standard InChI is InChI=1S/C17H16ClNO4S/c18-12-7-11(8-14-16(21)19-17(22)24-14)5-6-13(12)23-15(20)9-10-3-1-2-4-10/h5-8,10H,1-4,9H2,(H,19,21,22). The molecule has 2 aliphatic rings. The molecule has 2 amide bonds. The number of carbonyl (C=O) groups excluding carboxylic acids is 3. The Balaban J connectivity index is 1.66. The Morgan fingerprint density at radius 2 is 2.08 bits per heavy atom. The topological polar surface area (TPSA) is 72.5 Å². The molecule has 0 atom stereocenters. The van der Waals surface area contributed by atoms with Crippen LogP contribution in [0.15, 0.2) is 23.1 Å². The van der Waals surface area contributed by atoms with Gasteiger partial charge in [-0.15, -0.1) is 0 Å². The average Bonchev–Trinajstić information content (AvgIpc) is 3.12. The van der Waals surface area contributed by atoms with Crippen molar-refractivity contribution in [1.29, 1.82) is 0 Å². The minimum atomic E-state index is -0.423. The predicted octanol–water partition coefficient (Wildman–Crippen LogP) is 4.15. The molecule has 7 heteroatoms. The smallest absolute Gasteiger partial charge is 0.311 e. The number of ether oxygens (including phenoxy) is 1. The van der Waals surface area contributed by atoms with Crippen LogP contribution in [0.3, 0.4) is 0 Å². The molecule has 1 aromatic carbocycles. The minimum absolute atomic E-state index is 0.272. The van der Waals surface area contributed by atoms with Gasteiger partial charge in [0.1, 0.15) is 5.75 Å². The fourth-order valence-corrected chi connectivity index (χ4v) is 3.79. The van der Waals surface area contributed by atoms with Crippen LogP contribution in [0, 0.1) is 5.92 Å². The molecule has 5 nitrogen and oxygen atoms in total. The lowest BCUT2D eigenvalue weighted by atomic mass is 10.0. The first kappa shape index (κ1) is 17.0. The summed E-state index contributed by atoms with van der Waals surface area (Å²) in [6, 6.07) is 4.89. The van der Waals surface area contributed by atoms with E-state index in [1.54, 1.807) is 24.3 Å². The van der Waals surface area contributed by atoms with Gasteiger partial charge >= 0.3 is 5.97 Å². The summed E-state index contributed by atoms with van der Waals surface area (Å²) in [4.78, 5) is 35.0. The second-order valence-electron chi connectivity index (χ2n) is 5.87. The second kappa shape index (κ2) is 7.40. The zero-order chi connectivity index (χ0) is 17.1. The fourth-order valence-electron chi connectivity index (χ4n) is 2.88. The number of thioether (sulfide) groups is 1. The first-order valence-corrected chi connectivity index (χ1v) is 8.96. The number of benzene rings is 1. The van der Waals surface area contributed by atoms with Crippen molar-refractivity contribution in [2.45, 2.75) is 32.1 Å². The van der Waals surface area contributed by atoms with E-state index in [1.807, 2.05) is 0 Å². The Hall–Kier alpha value is -1.79. The van der Waals surface area contributed by atoms with Gasteiger partial charge in [-0.2, -0.15) is 0 Å². The van der Waals surface area contributed by atoms with E-state index in [2.05, 4.69) is 5.32 Å². The van der Waals surface area contributed by atoms with E-state index in [9.17, 15) is 14.4 Å². The van der Waals surface area contributed by atoms with E-state index < -0.39 is 11.1 Å². The summed E-state index contributed by atoms with van der Waals surface area (Å²) in [5, 5.41) is 2.08. The number of carbonyl (C=O) groups is 3. The third kappa shape index (κ3) is 4.19. The Morgan fingerprint density at radius 1 is 1.33 bits per heavy atom. The second-order valence-corrected chi connectivity index (χ2v) is 7.29. The van der Waals surface area contributed by atoms with E-state index in [4.69, 9.17) is 16.3 Å². The molecule has 0 bridgehead atoms. The van der Waals surface area contributed by atoms with E-state index in [0.717, 1.165) is 24.6 Å². The number of rotatable bonds is 4. The van der Waals surface area contributed by atoms with E-state index in [-0.39, 0.29) is 5.97 Å². The summed E-state index contributed by atoms with van der Waals surface area (Å²) < 4.78 is 5.34. The van der Waals surface area contributed by atoms with Crippen molar-refractivity contribution in [3.05, 3.63) is 33.7 Å². The zero-order valence-electron chi connectivity index (χ0n) is 12.8. The molecule has 1 heterocycles. The van der Waals surface area contributed by atoms with Gasteiger partial charge in [-0.05, 0) is 54.3 Å². The molecule has 0 unspecified atom stereocenters. The van der Waals surface area contributed by atoms with E-state index >= 15 is 0 Å². The summed E-state index contributed by atoms with van der Waals surface area (Å²) in [6.45, 7) is 0. The number of esters is 1. The molecule has 1 saturated heterocycles. The van der Waals surface area contributed by atoms with Crippen LogP contribution in [0.5, 0.6) is 5.75 Å². The number of imide groups is 1. The molecular weight excluding hydrogens is 350 g/mol. The molecule has 0 radical (unpaired) electrons. The van der Waals surface area contributed by atoms with E-state index in [0.29, 0.717) is 33.6 Å². The first-order chi connectivity index (χ1) is 11.5. The third-order valence-corrected chi connectivity index (χ3v) is 5.16. The summed E-state index contributed by atoms with van der Waals surface area (Å²) in [7, 11) is 0. The van der Waals surface area contributed by atoms with Crippen LogP contribution >= 0.6 is 23.4 Å². The highest BCUT2D eigenvalue weighted by molar-refractivity contribution is 8.18. The van der Waals surface area contributed by atoms with Gasteiger partial charge in [-0.3, -0.25) is 19.7 Å². The molecular formula is C17H16ClNO4S. The predicted molar refractivity (Wildman–Crippen MR) is 92.8 cm³/mol. The number of halogens is 1. The molecule has 1 aromatic rings. The highest BCUT2D eigenvalue weighted by atomic mass is 35.5. The zero-order valence-corrected chi connectivity index (χ0v) is 14.4. The maximum absolute atomic E-state index is 12.0. The van der Waals surface area contributed by atoms with Crippen LogP contribution in [-0.4, -0.2) is 17.1 Å². The van der Waals surface area contributed by atoms with Gasteiger partial charge in [0.15, 0.2) is 0 Å². The monoisotopic (exact) mass is 365 g/mol. The Labute approximate surface area is 148 Å². The Morgan fingerprint density at radius 3 is 2.71 bits per heavy atom. The van der Waals surface area contributed by atoms with Crippen molar-refractivity contribution in [3.63, 3.8) is 0 Å². The Bertz CT molecular complexity index is 725. The molecule has 3 rings (SSSR count). The van der Waals surface area contributed by atoms with Crippen LogP contribution in [0.2, 0.25) is 5.02 Å². The summed E-state index contributed by atoms with van der Waals surface area (Å²) in [5.41, 5.74) is 0.656. The minimum Gasteiger partial charge on any atom is -0.425 e. The molecule has 126 valence electrons. The van der Waals surface area contributed by atoms with Crippen LogP contribution in [0.25, 0.3) is 6.08 Å². The van der Waals surface area contributed by atoms with Gasteiger partial charge in [0, 0.05) is 6.42 Å². The Kier molecular flexibility index (Phi) is 5.26. The van der Waals surface area contributed by atoms with Gasteiger partial charge in [-0.1, -0.05) is 30.5 Å². The lowest BCUT2D eigenvalue weighted by molar-refractivity contribution is -0.135. The van der Waals surface area contributed by atoms with Gasteiger partial charge < -0.3 is 4.74 Å². The molecule has 24 heavy (non-hydrogen) atoms. The molecule has 1 N–H and O–H groups in total. The summed E-state index contributed by atoms with van der Waals surface area (Å²) >= 11 is 7.00. The molecule has 1 aliphatic carbocycles. The lowest BCUT2D eigenvalue weighted by Crippen LogP contribution is -2.17. The van der Waals surface area contributed by atoms with Crippen molar-refractivity contribution in [2.75, 3.05) is 0 Å². The van der Waals surface area contributed by atoms with Crippen molar-refractivity contribution >= 4 is 46.6 Å². The average molecular weight is 366 g/mol. The number of hydrogen-bond donors (Lipinski definition) is 1. The van der Waals surface area contributed by atoms with Crippen LogP contribution in [0.1, 0.15) is 37.7 Å². The first-order valence-electron chi connectivity index (χ1n) is 7.76. The molecule has 1 saturated carbocycles. The number of amides is 2. The number of hydrogen-bond acceptors (Lipinski definition) is 5. The quantitative estimate of drug-likeness (QED) is 0.493. The van der Waals surface area contributed by atoms with Gasteiger partial charge in [0.05, 0.1) is 9.93 Å². The maximum atomic E-state index is 12.0. The van der Waals surface area contributed by atoms with Crippen molar-refractivity contribution < 1.29 is 19.1 Å². The number of nitrogens with one attached hydrogen (secondary N) is 1. The largest absolute Gasteiger partial charge is 0.425 e. The fraction of sp³-hybridized carbons (Fsp3) is 0.353. The van der Waals surface area contributed by atoms with Gasteiger partial charge in [0.2, 0.25) is 0 Å². The van der Waals surface area contributed by atoms with Crippen LogP contribution in [0.4, 0.5) is 4.79 Å². The maximum Gasteiger partial charge on any atom is 0.311 e. The van der Waals surface area contributed by atoms with Crippen LogP contribution in [-0.2, 0) is 9.59 Å². The summed E-state index contributed by atoms with van der Waals surface area (Å²) in [5.74, 6) is 0.0246. The highest BCUT2D eigenvalue weighted by Gasteiger charge is 2.25. The van der Waals surface area contributed by atoms with Gasteiger partial charge in [-0.25, -0.2) is 0 Å². The van der Waals surface area contributed by atoms with Crippen molar-refractivity contribution in [2.24, 2.45) is 5.92 Å². The van der Waals surface area contributed by atoms with Crippen molar-refractivity contribution in [3.8, 4) is 5.75 Å². The SMILES string of the molecule is O=C(CC1CCCC1)Oc1ccc(C=C2SC(=O)NC2=O)cc1Cl. The van der Waals surface area contributed by atoms with Crippen molar-refractivity contribution in [1.82, 2.24) is 5.32 Å². The van der Waals surface area contributed by atoms with E-state index in [1.165, 1.54) is 12.8 Å². The van der Waals surface area contributed by atoms with Crippen LogP contribution < -0.4 is 10.1 Å². The normalized spacial score (nSPS) is 19.8. The summed E-state index contributed by atoms with van der Waals surface area (Å²) in [6.07, 6.45) is 6.50. The molecule has 1 aliphatic heterocycles.